The SMILES string of the molecule is COc1cccc(C(=O)N/N=C\c2cc(OC)c(OC)cc2C)c1. The summed E-state index contributed by atoms with van der Waals surface area (Å²) in [6.45, 7) is 1.92. The van der Waals surface area contributed by atoms with Gasteiger partial charge in [0.2, 0.25) is 0 Å². The lowest BCUT2D eigenvalue weighted by molar-refractivity contribution is 0.0955. The van der Waals surface area contributed by atoms with Crippen molar-refractivity contribution < 1.29 is 19.0 Å². The van der Waals surface area contributed by atoms with Gasteiger partial charge in [-0.3, -0.25) is 4.79 Å². The Balaban J connectivity index is 2.12. The molecular weight excluding hydrogens is 308 g/mol. The Morgan fingerprint density at radius 2 is 1.75 bits per heavy atom. The second kappa shape index (κ2) is 8.01. The van der Waals surface area contributed by atoms with Crippen molar-refractivity contribution in [2.75, 3.05) is 21.3 Å². The summed E-state index contributed by atoms with van der Waals surface area (Å²) in [6, 6.07) is 10.5. The van der Waals surface area contributed by atoms with Gasteiger partial charge in [0.1, 0.15) is 5.75 Å². The van der Waals surface area contributed by atoms with Gasteiger partial charge in [-0.2, -0.15) is 5.10 Å². The van der Waals surface area contributed by atoms with Gasteiger partial charge in [-0.1, -0.05) is 6.07 Å². The molecule has 24 heavy (non-hydrogen) atoms. The van der Waals surface area contributed by atoms with Gasteiger partial charge in [-0.05, 0) is 42.8 Å². The van der Waals surface area contributed by atoms with Crippen molar-refractivity contribution in [2.45, 2.75) is 6.92 Å². The summed E-state index contributed by atoms with van der Waals surface area (Å²) in [7, 11) is 4.70. The fourth-order valence-electron chi connectivity index (χ4n) is 2.12. The highest BCUT2D eigenvalue weighted by molar-refractivity contribution is 5.95. The van der Waals surface area contributed by atoms with Crippen LogP contribution in [-0.4, -0.2) is 33.5 Å². The first kappa shape index (κ1) is 17.3. The van der Waals surface area contributed by atoms with Crippen molar-refractivity contribution in [1.29, 1.82) is 0 Å². The largest absolute Gasteiger partial charge is 0.497 e. The predicted octanol–water partition coefficient (Wildman–Crippen LogP) is 2.78. The summed E-state index contributed by atoms with van der Waals surface area (Å²) < 4.78 is 15.6. The summed E-state index contributed by atoms with van der Waals surface area (Å²) in [5.41, 5.74) is 4.73. The molecule has 2 aromatic rings. The molecule has 2 aromatic carbocycles. The molecule has 0 saturated heterocycles. The van der Waals surface area contributed by atoms with Crippen LogP contribution in [0.15, 0.2) is 41.5 Å². The Morgan fingerprint density at radius 3 is 2.42 bits per heavy atom. The molecular formula is C18H20N2O4. The maximum atomic E-state index is 12.1. The molecule has 1 amide bonds. The van der Waals surface area contributed by atoms with Crippen molar-refractivity contribution in [3.05, 3.63) is 53.1 Å². The van der Waals surface area contributed by atoms with Gasteiger partial charge >= 0.3 is 0 Å². The molecule has 6 nitrogen and oxygen atoms in total. The van der Waals surface area contributed by atoms with Crippen LogP contribution in [0.25, 0.3) is 0 Å². The molecule has 0 heterocycles. The highest BCUT2D eigenvalue weighted by Gasteiger charge is 2.08. The zero-order valence-electron chi connectivity index (χ0n) is 14.1. The molecule has 0 aliphatic rings. The summed E-state index contributed by atoms with van der Waals surface area (Å²) in [5, 5.41) is 4.00. The minimum absolute atomic E-state index is 0.316. The van der Waals surface area contributed by atoms with Crippen molar-refractivity contribution >= 4 is 12.1 Å². The van der Waals surface area contributed by atoms with E-state index in [0.29, 0.717) is 22.8 Å². The van der Waals surface area contributed by atoms with Gasteiger partial charge in [0.15, 0.2) is 11.5 Å². The van der Waals surface area contributed by atoms with E-state index in [-0.39, 0.29) is 5.91 Å². The molecule has 0 unspecified atom stereocenters. The molecule has 0 spiro atoms. The number of aryl methyl sites for hydroxylation is 1. The maximum Gasteiger partial charge on any atom is 0.271 e. The van der Waals surface area contributed by atoms with Gasteiger partial charge in [0, 0.05) is 11.1 Å². The van der Waals surface area contributed by atoms with Crippen LogP contribution in [0.2, 0.25) is 0 Å². The zero-order chi connectivity index (χ0) is 17.5. The van der Waals surface area contributed by atoms with E-state index in [1.165, 1.54) is 0 Å². The lowest BCUT2D eigenvalue weighted by Crippen LogP contribution is -2.17. The first-order chi connectivity index (χ1) is 11.6. The van der Waals surface area contributed by atoms with Crippen molar-refractivity contribution in [3.8, 4) is 17.2 Å². The van der Waals surface area contributed by atoms with Crippen molar-refractivity contribution in [1.82, 2.24) is 5.43 Å². The second-order valence-electron chi connectivity index (χ2n) is 4.99. The molecule has 0 atom stereocenters. The molecule has 6 heteroatoms. The third kappa shape index (κ3) is 4.04. The number of nitrogens with zero attached hydrogens (tertiary/aromatic N) is 1. The Kier molecular flexibility index (Phi) is 5.78. The number of carbonyl (C=O) groups excluding carboxylic acids is 1. The number of methoxy groups -OCH3 is 3. The van der Waals surface area contributed by atoms with E-state index in [1.54, 1.807) is 57.9 Å². The van der Waals surface area contributed by atoms with Crippen LogP contribution in [0.5, 0.6) is 17.2 Å². The fourth-order valence-corrected chi connectivity index (χ4v) is 2.12. The van der Waals surface area contributed by atoms with E-state index < -0.39 is 0 Å². The fraction of sp³-hybridized carbons (Fsp3) is 0.222. The molecule has 0 fully saturated rings. The molecule has 0 radical (unpaired) electrons. The lowest BCUT2D eigenvalue weighted by Gasteiger charge is -2.10. The number of hydrogen-bond donors (Lipinski definition) is 1. The van der Waals surface area contributed by atoms with Crippen molar-refractivity contribution in [3.63, 3.8) is 0 Å². The quantitative estimate of drug-likeness (QED) is 0.654. The van der Waals surface area contributed by atoms with Gasteiger partial charge in [0.25, 0.3) is 5.91 Å². The molecule has 126 valence electrons. The van der Waals surface area contributed by atoms with Crippen LogP contribution in [-0.2, 0) is 0 Å². The van der Waals surface area contributed by atoms with Crippen LogP contribution >= 0.6 is 0 Å². The Morgan fingerprint density at radius 1 is 1.04 bits per heavy atom. The average Bonchev–Trinajstić information content (AvgIpc) is 2.62. The Bertz CT molecular complexity index is 757. The van der Waals surface area contributed by atoms with Gasteiger partial charge < -0.3 is 14.2 Å². The first-order valence-electron chi connectivity index (χ1n) is 7.29. The van der Waals surface area contributed by atoms with Gasteiger partial charge in [-0.25, -0.2) is 5.43 Å². The Hall–Kier alpha value is -3.02. The topological polar surface area (TPSA) is 69.2 Å². The molecule has 0 bridgehead atoms. The highest BCUT2D eigenvalue weighted by atomic mass is 16.5. The van der Waals surface area contributed by atoms with E-state index in [2.05, 4.69) is 10.5 Å². The number of carbonyl (C=O) groups is 1. The van der Waals surface area contributed by atoms with Gasteiger partial charge in [0.05, 0.1) is 27.5 Å². The number of amides is 1. The van der Waals surface area contributed by atoms with E-state index in [0.717, 1.165) is 11.1 Å². The molecule has 0 aliphatic heterocycles. The summed E-state index contributed by atoms with van der Waals surface area (Å²) >= 11 is 0. The molecule has 0 aromatic heterocycles. The van der Waals surface area contributed by atoms with Gasteiger partial charge in [-0.15, -0.1) is 0 Å². The van der Waals surface area contributed by atoms with Crippen LogP contribution in [0.1, 0.15) is 21.5 Å². The number of nitrogens with one attached hydrogen (secondary N) is 1. The predicted molar refractivity (Wildman–Crippen MR) is 92.3 cm³/mol. The van der Waals surface area contributed by atoms with E-state index in [9.17, 15) is 4.79 Å². The third-order valence-electron chi connectivity index (χ3n) is 3.47. The van der Waals surface area contributed by atoms with Crippen LogP contribution in [0.3, 0.4) is 0 Å². The minimum atomic E-state index is -0.316. The zero-order valence-corrected chi connectivity index (χ0v) is 14.1. The average molecular weight is 328 g/mol. The maximum absolute atomic E-state index is 12.1. The number of ether oxygens (including phenoxy) is 3. The second-order valence-corrected chi connectivity index (χ2v) is 4.99. The van der Waals surface area contributed by atoms with E-state index in [4.69, 9.17) is 14.2 Å². The highest BCUT2D eigenvalue weighted by Crippen LogP contribution is 2.29. The molecule has 0 aliphatic carbocycles. The lowest BCUT2D eigenvalue weighted by atomic mass is 10.1. The number of rotatable bonds is 6. The number of benzene rings is 2. The Labute approximate surface area is 141 Å². The standard InChI is InChI=1S/C18H20N2O4/c1-12-8-16(23-3)17(24-4)10-14(12)11-19-20-18(21)13-6-5-7-15(9-13)22-2/h5-11H,1-4H3,(H,20,21)/b19-11-. The smallest absolute Gasteiger partial charge is 0.271 e. The van der Waals surface area contributed by atoms with Crippen LogP contribution in [0.4, 0.5) is 0 Å². The summed E-state index contributed by atoms with van der Waals surface area (Å²) in [5.74, 6) is 1.54. The molecule has 2 rings (SSSR count). The minimum Gasteiger partial charge on any atom is -0.497 e. The summed E-state index contributed by atoms with van der Waals surface area (Å²) in [6.07, 6.45) is 1.56. The molecule has 1 N–H and O–H groups in total. The first-order valence-corrected chi connectivity index (χ1v) is 7.29. The normalized spacial score (nSPS) is 10.5. The van der Waals surface area contributed by atoms with Crippen LogP contribution in [0, 0.1) is 6.92 Å². The van der Waals surface area contributed by atoms with Crippen molar-refractivity contribution in [2.24, 2.45) is 5.10 Å². The number of hydrazone groups is 1. The third-order valence-corrected chi connectivity index (χ3v) is 3.47. The van der Waals surface area contributed by atoms with Crippen LogP contribution < -0.4 is 19.6 Å². The monoisotopic (exact) mass is 328 g/mol. The van der Waals surface area contributed by atoms with E-state index >= 15 is 0 Å². The van der Waals surface area contributed by atoms with E-state index in [1.807, 2.05) is 13.0 Å². The number of hydrogen-bond acceptors (Lipinski definition) is 5. The summed E-state index contributed by atoms with van der Waals surface area (Å²) in [4.78, 5) is 12.1. The molecule has 0 saturated carbocycles.